The summed E-state index contributed by atoms with van der Waals surface area (Å²) >= 11 is 6.02. The number of para-hydroxylation sites is 1. The second kappa shape index (κ2) is 9.31. The number of nitrogens with zero attached hydrogens (tertiary/aromatic N) is 2. The first-order valence-corrected chi connectivity index (χ1v) is 11.7. The molecular weight excluding hydrogens is 450 g/mol. The molecule has 0 unspecified atom stereocenters. The fourth-order valence-electron chi connectivity index (χ4n) is 4.70. The van der Waals surface area contributed by atoms with Crippen molar-refractivity contribution in [1.82, 2.24) is 10.2 Å². The molecule has 1 saturated heterocycles. The third-order valence-corrected chi connectivity index (χ3v) is 6.60. The summed E-state index contributed by atoms with van der Waals surface area (Å²) in [5.74, 6) is -0.378. The number of rotatable bonds is 5. The van der Waals surface area contributed by atoms with Crippen molar-refractivity contribution < 1.29 is 14.4 Å². The van der Waals surface area contributed by atoms with Crippen LogP contribution in [0.15, 0.2) is 72.8 Å². The smallest absolute Gasteiger partial charge is 0.256 e. The molecule has 0 bridgehead atoms. The van der Waals surface area contributed by atoms with Gasteiger partial charge in [-0.25, -0.2) is 0 Å². The van der Waals surface area contributed by atoms with Gasteiger partial charge in [-0.1, -0.05) is 48.0 Å². The molecule has 3 amide bonds. The Labute approximate surface area is 203 Å². The minimum atomic E-state index is -0.441. The second-order valence-electron chi connectivity index (χ2n) is 8.61. The largest absolute Gasteiger partial charge is 0.348 e. The number of fused-ring (bicyclic) bond motifs is 2. The quantitative estimate of drug-likeness (QED) is 0.596. The van der Waals surface area contributed by atoms with E-state index in [1.807, 2.05) is 48.5 Å². The highest BCUT2D eigenvalue weighted by atomic mass is 35.5. The van der Waals surface area contributed by atoms with Gasteiger partial charge in [0.15, 0.2) is 0 Å². The number of benzene rings is 3. The van der Waals surface area contributed by atoms with Gasteiger partial charge in [0.2, 0.25) is 5.91 Å². The summed E-state index contributed by atoms with van der Waals surface area (Å²) in [6.07, 6.45) is 1.49. The summed E-state index contributed by atoms with van der Waals surface area (Å²) in [4.78, 5) is 42.8. The second-order valence-corrected chi connectivity index (χ2v) is 9.05. The van der Waals surface area contributed by atoms with Gasteiger partial charge in [-0.2, -0.15) is 0 Å². The lowest BCUT2D eigenvalue weighted by Crippen LogP contribution is -2.44. The summed E-state index contributed by atoms with van der Waals surface area (Å²) in [5, 5.41) is 3.54. The Morgan fingerprint density at radius 1 is 0.971 bits per heavy atom. The van der Waals surface area contributed by atoms with Gasteiger partial charge in [-0.3, -0.25) is 14.4 Å². The van der Waals surface area contributed by atoms with Crippen molar-refractivity contribution in [1.29, 1.82) is 0 Å². The van der Waals surface area contributed by atoms with Crippen molar-refractivity contribution >= 4 is 35.0 Å². The van der Waals surface area contributed by atoms with Crippen molar-refractivity contribution in [3.63, 3.8) is 0 Å². The number of nitrogens with one attached hydrogen (secondary N) is 1. The zero-order chi connectivity index (χ0) is 23.7. The molecule has 2 heterocycles. The Morgan fingerprint density at radius 3 is 2.62 bits per heavy atom. The van der Waals surface area contributed by atoms with Crippen molar-refractivity contribution in [2.75, 3.05) is 11.4 Å². The maximum Gasteiger partial charge on any atom is 0.256 e. The number of carbonyl (C=O) groups is 3. The summed E-state index contributed by atoms with van der Waals surface area (Å²) < 4.78 is 0. The van der Waals surface area contributed by atoms with Crippen LogP contribution >= 0.6 is 11.6 Å². The van der Waals surface area contributed by atoms with Crippen molar-refractivity contribution in [2.45, 2.75) is 32.0 Å². The fraction of sp³-hybridized carbons (Fsp3) is 0.222. The van der Waals surface area contributed by atoms with E-state index in [1.54, 1.807) is 34.1 Å². The molecule has 0 spiro atoms. The average Bonchev–Trinajstić information content (AvgIpc) is 3.33. The summed E-state index contributed by atoms with van der Waals surface area (Å²) in [7, 11) is 0. The summed E-state index contributed by atoms with van der Waals surface area (Å²) in [6.45, 7) is 1.24. The number of hydrogen-bond acceptors (Lipinski definition) is 3. The van der Waals surface area contributed by atoms with Crippen LogP contribution in [0.5, 0.6) is 0 Å². The van der Waals surface area contributed by atoms with Crippen LogP contribution in [0.2, 0.25) is 5.02 Å². The monoisotopic (exact) mass is 473 g/mol. The molecule has 3 aromatic carbocycles. The highest BCUT2D eigenvalue weighted by molar-refractivity contribution is 6.30. The van der Waals surface area contributed by atoms with E-state index in [9.17, 15) is 14.4 Å². The molecule has 1 N–H and O–H groups in total. The normalized spacial score (nSPS) is 17.3. The SMILES string of the molecule is O=C(NCc1cccc(Cl)c1)c1cccc(CN2C(=O)[C@H]3CCCN3C(=O)c3ccccc32)c1. The maximum absolute atomic E-state index is 13.5. The first kappa shape index (κ1) is 22.2. The van der Waals surface area contributed by atoms with E-state index in [-0.39, 0.29) is 24.3 Å². The lowest BCUT2D eigenvalue weighted by Gasteiger charge is -2.26. The molecule has 1 atom stereocenters. The molecule has 1 fully saturated rings. The van der Waals surface area contributed by atoms with E-state index >= 15 is 0 Å². The predicted molar refractivity (Wildman–Crippen MR) is 131 cm³/mol. The van der Waals surface area contributed by atoms with Crippen LogP contribution in [0.25, 0.3) is 0 Å². The van der Waals surface area contributed by atoms with Crippen LogP contribution in [0.1, 0.15) is 44.7 Å². The first-order valence-electron chi connectivity index (χ1n) is 11.3. The molecule has 0 saturated carbocycles. The third-order valence-electron chi connectivity index (χ3n) is 6.36. The first-order chi connectivity index (χ1) is 16.5. The van der Waals surface area contributed by atoms with E-state index in [1.165, 1.54) is 0 Å². The Kier molecular flexibility index (Phi) is 6.07. The average molecular weight is 474 g/mol. The number of carbonyl (C=O) groups excluding carboxylic acids is 3. The molecule has 0 aromatic heterocycles. The van der Waals surface area contributed by atoms with E-state index in [2.05, 4.69) is 5.32 Å². The zero-order valence-electron chi connectivity index (χ0n) is 18.5. The Morgan fingerprint density at radius 2 is 1.76 bits per heavy atom. The van der Waals surface area contributed by atoms with E-state index in [0.29, 0.717) is 41.3 Å². The lowest BCUT2D eigenvalue weighted by atomic mass is 10.1. The standard InChI is InChI=1S/C27H24ClN3O3/c28-21-9-4-6-18(15-21)16-29-25(32)20-8-3-7-19(14-20)17-31-23-11-2-1-10-22(23)26(33)30-13-5-12-24(30)27(31)34/h1-4,6-11,14-15,24H,5,12-13,16-17H2,(H,29,32)/t24-/m1/s1. The van der Waals surface area contributed by atoms with Crippen LogP contribution < -0.4 is 10.2 Å². The van der Waals surface area contributed by atoms with Crippen molar-refractivity contribution in [2.24, 2.45) is 0 Å². The fourth-order valence-corrected chi connectivity index (χ4v) is 4.91. The van der Waals surface area contributed by atoms with Crippen LogP contribution in [-0.4, -0.2) is 35.2 Å². The molecule has 6 nitrogen and oxygen atoms in total. The molecule has 2 aliphatic heterocycles. The Hall–Kier alpha value is -3.64. The predicted octanol–water partition coefficient (Wildman–Crippen LogP) is 4.42. The Bertz CT molecular complexity index is 1280. The molecule has 3 aromatic rings. The van der Waals surface area contributed by atoms with Crippen molar-refractivity contribution in [3.05, 3.63) is 100 Å². The number of halogens is 1. The highest BCUT2D eigenvalue weighted by Crippen LogP contribution is 2.33. The van der Waals surface area contributed by atoms with Gasteiger partial charge in [0.25, 0.3) is 11.8 Å². The van der Waals surface area contributed by atoms with E-state index in [4.69, 9.17) is 11.6 Å². The van der Waals surface area contributed by atoms with Crippen LogP contribution in [-0.2, 0) is 17.9 Å². The molecule has 34 heavy (non-hydrogen) atoms. The van der Waals surface area contributed by atoms with Gasteiger partial charge in [0.1, 0.15) is 6.04 Å². The van der Waals surface area contributed by atoms with Crippen LogP contribution in [0, 0.1) is 0 Å². The highest BCUT2D eigenvalue weighted by Gasteiger charge is 2.41. The summed E-state index contributed by atoms with van der Waals surface area (Å²) in [5.41, 5.74) is 3.39. The van der Waals surface area contributed by atoms with Crippen molar-refractivity contribution in [3.8, 4) is 0 Å². The van der Waals surface area contributed by atoms with Gasteiger partial charge < -0.3 is 15.1 Å². The van der Waals surface area contributed by atoms with E-state index in [0.717, 1.165) is 17.5 Å². The molecule has 2 aliphatic rings. The van der Waals surface area contributed by atoms with Gasteiger partial charge in [0.05, 0.1) is 17.8 Å². The van der Waals surface area contributed by atoms with Gasteiger partial charge in [-0.05, 0) is 60.4 Å². The van der Waals surface area contributed by atoms with Gasteiger partial charge >= 0.3 is 0 Å². The Balaban J connectivity index is 1.38. The maximum atomic E-state index is 13.5. The topological polar surface area (TPSA) is 69.7 Å². The minimum absolute atomic E-state index is 0.0772. The molecule has 0 radical (unpaired) electrons. The molecular formula is C27H24ClN3O3. The van der Waals surface area contributed by atoms with E-state index < -0.39 is 6.04 Å². The molecule has 172 valence electrons. The lowest BCUT2D eigenvalue weighted by molar-refractivity contribution is -0.122. The summed E-state index contributed by atoms with van der Waals surface area (Å²) in [6, 6.07) is 21.4. The number of amides is 3. The van der Waals surface area contributed by atoms with Gasteiger partial charge in [-0.15, -0.1) is 0 Å². The minimum Gasteiger partial charge on any atom is -0.348 e. The van der Waals surface area contributed by atoms with Crippen LogP contribution in [0.4, 0.5) is 5.69 Å². The van der Waals surface area contributed by atoms with Gasteiger partial charge in [0, 0.05) is 23.7 Å². The number of hydrogen-bond donors (Lipinski definition) is 1. The molecule has 0 aliphatic carbocycles. The zero-order valence-corrected chi connectivity index (χ0v) is 19.3. The third kappa shape index (κ3) is 4.29. The van der Waals surface area contributed by atoms with Crippen LogP contribution in [0.3, 0.4) is 0 Å². The molecule has 5 rings (SSSR count). The number of anilines is 1. The molecule has 7 heteroatoms.